The minimum absolute atomic E-state index is 0.0896. The van der Waals surface area contributed by atoms with Gasteiger partial charge in [-0.15, -0.1) is 0 Å². The molecule has 2 aliphatic heterocycles. The highest BCUT2D eigenvalue weighted by Crippen LogP contribution is 2.25. The van der Waals surface area contributed by atoms with E-state index in [1.54, 1.807) is 6.07 Å². The smallest absolute Gasteiger partial charge is 0.407 e. The lowest BCUT2D eigenvalue weighted by atomic mass is 9.91. The molecule has 0 saturated carbocycles. The maximum absolute atomic E-state index is 13.2. The summed E-state index contributed by atoms with van der Waals surface area (Å²) < 4.78 is 3.35. The zero-order valence-electron chi connectivity index (χ0n) is 19.3. The van der Waals surface area contributed by atoms with Gasteiger partial charge >= 0.3 is 6.09 Å². The Morgan fingerprint density at radius 1 is 1.06 bits per heavy atom. The van der Waals surface area contributed by atoms with Crippen LogP contribution >= 0.6 is 0 Å². The van der Waals surface area contributed by atoms with Crippen molar-refractivity contribution in [3.8, 4) is 5.69 Å². The second kappa shape index (κ2) is 8.77. The van der Waals surface area contributed by atoms with E-state index in [0.717, 1.165) is 37.6 Å². The summed E-state index contributed by atoms with van der Waals surface area (Å²) >= 11 is 0. The normalized spacial score (nSPS) is 19.0. The summed E-state index contributed by atoms with van der Waals surface area (Å²) in [5, 5.41) is 20.6. The van der Waals surface area contributed by atoms with Gasteiger partial charge in [-0.05, 0) is 44.2 Å². The summed E-state index contributed by atoms with van der Waals surface area (Å²) in [6.45, 7) is 4.58. The lowest BCUT2D eigenvalue weighted by Crippen LogP contribution is -2.49. The first-order valence-electron chi connectivity index (χ1n) is 11.6. The zero-order chi connectivity index (χ0) is 23.9. The minimum Gasteiger partial charge on any atom is -0.465 e. The van der Waals surface area contributed by atoms with Gasteiger partial charge in [0.1, 0.15) is 6.33 Å². The number of hydrogen-bond donors (Lipinski definition) is 2. The minimum atomic E-state index is -1.13. The number of piperazine rings is 1. The molecule has 2 saturated heterocycles. The van der Waals surface area contributed by atoms with Crippen molar-refractivity contribution < 1.29 is 15.0 Å². The van der Waals surface area contributed by atoms with Gasteiger partial charge in [0.05, 0.1) is 17.5 Å². The van der Waals surface area contributed by atoms with Crippen LogP contribution in [-0.2, 0) is 6.54 Å². The molecule has 5 rings (SSSR count). The number of hydrogen-bond acceptors (Lipinski definition) is 6. The lowest BCUT2D eigenvalue weighted by molar-refractivity contribution is -0.0304. The van der Waals surface area contributed by atoms with Gasteiger partial charge in [0.15, 0.2) is 5.65 Å². The third-order valence-electron chi connectivity index (χ3n) is 7.08. The van der Waals surface area contributed by atoms with E-state index in [9.17, 15) is 14.7 Å². The van der Waals surface area contributed by atoms with Crippen molar-refractivity contribution in [2.45, 2.75) is 25.0 Å². The second-order valence-electron chi connectivity index (χ2n) is 9.40. The van der Waals surface area contributed by atoms with Crippen LogP contribution in [0.3, 0.4) is 0 Å². The summed E-state index contributed by atoms with van der Waals surface area (Å²) in [5.74, 6) is 0. The fraction of sp³-hybridized carbons (Fsp3) is 0.458. The fourth-order valence-corrected chi connectivity index (χ4v) is 4.87. The number of aromatic nitrogens is 3. The van der Waals surface area contributed by atoms with Gasteiger partial charge in [0.2, 0.25) is 0 Å². The van der Waals surface area contributed by atoms with Crippen molar-refractivity contribution in [3.63, 3.8) is 0 Å². The lowest BCUT2D eigenvalue weighted by Gasteiger charge is -2.37. The van der Waals surface area contributed by atoms with E-state index in [1.165, 1.54) is 15.8 Å². The Balaban J connectivity index is 1.39. The highest BCUT2D eigenvalue weighted by molar-refractivity contribution is 5.77. The monoisotopic (exact) mass is 466 g/mol. The van der Waals surface area contributed by atoms with Gasteiger partial charge in [0.25, 0.3) is 5.56 Å². The molecule has 2 aromatic heterocycles. The zero-order valence-corrected chi connectivity index (χ0v) is 19.3. The molecule has 10 heteroatoms. The van der Waals surface area contributed by atoms with Crippen LogP contribution in [0.1, 0.15) is 12.8 Å². The molecule has 10 nitrogen and oxygen atoms in total. The molecule has 180 valence electrons. The number of amides is 1. The summed E-state index contributed by atoms with van der Waals surface area (Å²) in [4.78, 5) is 34.9. The van der Waals surface area contributed by atoms with Crippen LogP contribution in [0.15, 0.2) is 47.7 Å². The molecular formula is C24H30N6O4. The number of benzene rings is 1. The molecule has 0 aliphatic carbocycles. The molecule has 2 N–H and O–H groups in total. The summed E-state index contributed by atoms with van der Waals surface area (Å²) in [6, 6.07) is 10.0. The summed E-state index contributed by atoms with van der Waals surface area (Å²) in [6.07, 6.45) is 2.91. The van der Waals surface area contributed by atoms with E-state index in [-0.39, 0.29) is 38.0 Å². The van der Waals surface area contributed by atoms with Crippen molar-refractivity contribution in [3.05, 3.63) is 53.2 Å². The van der Waals surface area contributed by atoms with Crippen molar-refractivity contribution in [1.29, 1.82) is 0 Å². The molecule has 2 aliphatic rings. The average Bonchev–Trinajstić information content (AvgIpc) is 3.27. The highest BCUT2D eigenvalue weighted by Gasteiger charge is 2.34. The maximum Gasteiger partial charge on any atom is 0.407 e. The fourth-order valence-electron chi connectivity index (χ4n) is 4.87. The molecule has 0 atom stereocenters. The van der Waals surface area contributed by atoms with Crippen LogP contribution < -0.4 is 10.5 Å². The van der Waals surface area contributed by atoms with Crippen LogP contribution in [0.25, 0.3) is 16.7 Å². The van der Waals surface area contributed by atoms with Gasteiger partial charge in [-0.3, -0.25) is 9.36 Å². The summed E-state index contributed by atoms with van der Waals surface area (Å²) in [5.41, 5.74) is 1.31. The number of nitrogens with zero attached hydrogens (tertiary/aromatic N) is 6. The molecule has 1 aromatic carbocycles. The number of likely N-dealkylation sites (N-methyl/N-ethyl adjacent to an activating group) is 1. The van der Waals surface area contributed by atoms with Crippen LogP contribution in [0.2, 0.25) is 0 Å². The SMILES string of the molecule is CN1CCN(c2cccc(-n3ccc4c(=O)n(CC5(O)CCN(C(=O)O)CC5)cnc43)c2)CC1. The van der Waals surface area contributed by atoms with Crippen LogP contribution in [0.4, 0.5) is 10.5 Å². The number of aliphatic hydroxyl groups is 1. The molecule has 0 spiro atoms. The Morgan fingerprint density at radius 3 is 2.47 bits per heavy atom. The van der Waals surface area contributed by atoms with Gasteiger partial charge in [-0.1, -0.05) is 6.07 Å². The maximum atomic E-state index is 13.2. The quantitative estimate of drug-likeness (QED) is 0.599. The Morgan fingerprint density at radius 2 is 1.76 bits per heavy atom. The van der Waals surface area contributed by atoms with E-state index in [1.807, 2.05) is 22.9 Å². The molecule has 1 amide bonds. The second-order valence-corrected chi connectivity index (χ2v) is 9.40. The molecule has 0 bridgehead atoms. The van der Waals surface area contributed by atoms with Crippen molar-refractivity contribution in [1.82, 2.24) is 23.9 Å². The van der Waals surface area contributed by atoms with E-state index in [2.05, 4.69) is 34.0 Å². The summed E-state index contributed by atoms with van der Waals surface area (Å²) in [7, 11) is 2.13. The number of carboxylic acid groups (broad SMARTS) is 1. The molecule has 0 unspecified atom stereocenters. The molecule has 4 heterocycles. The molecule has 2 fully saturated rings. The first kappa shape index (κ1) is 22.4. The third kappa shape index (κ3) is 4.26. The van der Waals surface area contributed by atoms with Gasteiger partial charge in [-0.2, -0.15) is 0 Å². The van der Waals surface area contributed by atoms with Gasteiger partial charge in [-0.25, -0.2) is 9.78 Å². The molecular weight excluding hydrogens is 436 g/mol. The predicted molar refractivity (Wildman–Crippen MR) is 129 cm³/mol. The van der Waals surface area contributed by atoms with Crippen molar-refractivity contribution in [2.24, 2.45) is 0 Å². The van der Waals surface area contributed by atoms with E-state index in [0.29, 0.717) is 11.0 Å². The van der Waals surface area contributed by atoms with Crippen LogP contribution in [0, 0.1) is 0 Å². The van der Waals surface area contributed by atoms with E-state index in [4.69, 9.17) is 5.11 Å². The predicted octanol–water partition coefficient (Wildman–Crippen LogP) is 1.44. The van der Waals surface area contributed by atoms with Crippen molar-refractivity contribution >= 4 is 22.8 Å². The number of carbonyl (C=O) groups is 1. The Hall–Kier alpha value is -3.37. The third-order valence-corrected chi connectivity index (χ3v) is 7.08. The average molecular weight is 467 g/mol. The van der Waals surface area contributed by atoms with E-state index >= 15 is 0 Å². The first-order valence-corrected chi connectivity index (χ1v) is 11.6. The van der Waals surface area contributed by atoms with E-state index < -0.39 is 11.7 Å². The first-order chi connectivity index (χ1) is 16.3. The Labute approximate surface area is 197 Å². The largest absolute Gasteiger partial charge is 0.465 e. The number of anilines is 1. The number of rotatable bonds is 4. The van der Waals surface area contributed by atoms with Gasteiger partial charge < -0.3 is 29.5 Å². The highest BCUT2D eigenvalue weighted by atomic mass is 16.4. The standard InChI is InChI=1S/C24H30N6O4/c1-26-11-13-27(14-12-26)18-3-2-4-19(15-18)30-8-5-20-21(30)25-17-29(22(20)31)16-24(34)6-9-28(10-7-24)23(32)33/h2-5,8,15,17,34H,6-7,9-14,16H2,1H3,(H,32,33). The number of fused-ring (bicyclic) bond motifs is 1. The van der Waals surface area contributed by atoms with Crippen molar-refractivity contribution in [2.75, 3.05) is 51.2 Å². The Kier molecular flexibility index (Phi) is 5.78. The number of piperidine rings is 1. The molecule has 0 radical (unpaired) electrons. The van der Waals surface area contributed by atoms with Crippen LogP contribution in [-0.4, -0.2) is 92.1 Å². The topological polar surface area (TPSA) is 107 Å². The van der Waals surface area contributed by atoms with Gasteiger partial charge in [0, 0.05) is 56.8 Å². The Bertz CT molecular complexity index is 1250. The number of likely N-dealkylation sites (tertiary alicyclic amines) is 1. The molecule has 34 heavy (non-hydrogen) atoms. The van der Waals surface area contributed by atoms with Crippen LogP contribution in [0.5, 0.6) is 0 Å². The molecule has 3 aromatic rings.